The molecule has 0 saturated carbocycles. The lowest BCUT2D eigenvalue weighted by molar-refractivity contribution is 0.899. The van der Waals surface area contributed by atoms with Crippen molar-refractivity contribution in [1.82, 2.24) is 0 Å². The highest BCUT2D eigenvalue weighted by molar-refractivity contribution is 7.99. The van der Waals surface area contributed by atoms with Crippen LogP contribution in [0.4, 0.5) is 0 Å². The van der Waals surface area contributed by atoms with Gasteiger partial charge in [0.15, 0.2) is 0 Å². The quantitative estimate of drug-likeness (QED) is 0.556. The summed E-state index contributed by atoms with van der Waals surface area (Å²) >= 11 is 3.84. The van der Waals surface area contributed by atoms with Crippen LogP contribution < -0.4 is 0 Å². The summed E-state index contributed by atoms with van der Waals surface area (Å²) in [6.07, 6.45) is 2.68. The summed E-state index contributed by atoms with van der Waals surface area (Å²) in [5, 5.41) is 4.54. The Morgan fingerprint density at radius 3 is 3.22 bits per heavy atom. The molecule has 0 radical (unpaired) electrons. The first kappa shape index (κ1) is 5.81. The Morgan fingerprint density at radius 1 is 1.33 bits per heavy atom. The first-order chi connectivity index (χ1) is 4.47. The van der Waals surface area contributed by atoms with Crippen LogP contribution in [0.5, 0.6) is 0 Å². The van der Waals surface area contributed by atoms with E-state index in [4.69, 9.17) is 0 Å². The summed E-state index contributed by atoms with van der Waals surface area (Å²) in [5.41, 5.74) is 1.58. The van der Waals surface area contributed by atoms with Crippen LogP contribution in [0.2, 0.25) is 0 Å². The second-order valence-corrected chi connectivity index (χ2v) is 4.09. The minimum absolute atomic E-state index is 1.31. The third-order valence-electron chi connectivity index (χ3n) is 1.55. The fraction of sp³-hybridized carbons (Fsp3) is 0.429. The van der Waals surface area contributed by atoms with Crippen LogP contribution >= 0.6 is 23.1 Å². The lowest BCUT2D eigenvalue weighted by Gasteiger charge is -2.08. The molecule has 2 heterocycles. The zero-order chi connectivity index (χ0) is 6.10. The van der Waals surface area contributed by atoms with Gasteiger partial charge in [0.05, 0.1) is 0 Å². The van der Waals surface area contributed by atoms with Gasteiger partial charge in [0.2, 0.25) is 0 Å². The average Bonchev–Trinajstić information content (AvgIpc) is 2.33. The van der Waals surface area contributed by atoms with E-state index in [2.05, 4.69) is 10.8 Å². The highest BCUT2D eigenvalue weighted by Gasteiger charge is 2.08. The molecule has 0 nitrogen and oxygen atoms in total. The van der Waals surface area contributed by atoms with Crippen molar-refractivity contribution in [3.63, 3.8) is 0 Å². The molecule has 0 unspecified atom stereocenters. The molecular weight excluding hydrogens is 148 g/mol. The molecule has 0 atom stereocenters. The number of thioether (sulfide) groups is 1. The van der Waals surface area contributed by atoms with Crippen molar-refractivity contribution < 1.29 is 0 Å². The molecule has 0 aliphatic carbocycles. The van der Waals surface area contributed by atoms with Gasteiger partial charge in [0, 0.05) is 10.3 Å². The second kappa shape index (κ2) is 2.35. The van der Waals surface area contributed by atoms with Gasteiger partial charge in [0.25, 0.3) is 0 Å². The molecule has 9 heavy (non-hydrogen) atoms. The SMILES string of the molecule is c1scc2c1CCCS2. The molecule has 1 aromatic heterocycles. The molecular formula is C7H8S2. The van der Waals surface area contributed by atoms with Gasteiger partial charge in [-0.25, -0.2) is 0 Å². The predicted molar refractivity (Wildman–Crippen MR) is 43.4 cm³/mol. The number of rotatable bonds is 0. The van der Waals surface area contributed by atoms with Gasteiger partial charge in [-0.1, -0.05) is 0 Å². The maximum atomic E-state index is 2.28. The van der Waals surface area contributed by atoms with E-state index in [0.717, 1.165) is 0 Å². The Kier molecular flexibility index (Phi) is 1.52. The molecule has 0 spiro atoms. The minimum atomic E-state index is 1.31. The monoisotopic (exact) mass is 156 g/mol. The molecule has 1 aliphatic heterocycles. The van der Waals surface area contributed by atoms with Gasteiger partial charge in [-0.3, -0.25) is 0 Å². The first-order valence-electron chi connectivity index (χ1n) is 3.15. The van der Waals surface area contributed by atoms with Crippen molar-refractivity contribution in [1.29, 1.82) is 0 Å². The number of thiophene rings is 1. The fourth-order valence-electron chi connectivity index (χ4n) is 1.07. The Hall–Kier alpha value is 0.0500. The molecule has 1 aromatic rings. The molecule has 48 valence electrons. The maximum absolute atomic E-state index is 2.28. The smallest absolute Gasteiger partial charge is 0.0211 e. The van der Waals surface area contributed by atoms with E-state index in [9.17, 15) is 0 Å². The van der Waals surface area contributed by atoms with Crippen LogP contribution in [0.25, 0.3) is 0 Å². The molecule has 0 bridgehead atoms. The Balaban J connectivity index is 2.39. The lowest BCUT2D eigenvalue weighted by atomic mass is 10.2. The zero-order valence-corrected chi connectivity index (χ0v) is 6.73. The van der Waals surface area contributed by atoms with E-state index in [1.165, 1.54) is 23.5 Å². The number of hydrogen-bond donors (Lipinski definition) is 0. The van der Waals surface area contributed by atoms with E-state index >= 15 is 0 Å². The normalized spacial score (nSPS) is 17.3. The molecule has 0 aromatic carbocycles. The first-order valence-corrected chi connectivity index (χ1v) is 5.07. The van der Waals surface area contributed by atoms with E-state index in [-0.39, 0.29) is 0 Å². The van der Waals surface area contributed by atoms with Crippen LogP contribution in [-0.4, -0.2) is 5.75 Å². The summed E-state index contributed by atoms with van der Waals surface area (Å²) in [4.78, 5) is 1.53. The van der Waals surface area contributed by atoms with Crippen molar-refractivity contribution in [2.24, 2.45) is 0 Å². The van der Waals surface area contributed by atoms with Gasteiger partial charge in [0.1, 0.15) is 0 Å². The number of fused-ring (bicyclic) bond motifs is 1. The summed E-state index contributed by atoms with van der Waals surface area (Å²) in [7, 11) is 0. The lowest BCUT2D eigenvalue weighted by Crippen LogP contribution is -1.93. The van der Waals surface area contributed by atoms with E-state index in [0.29, 0.717) is 0 Å². The Bertz CT molecular complexity index is 182. The summed E-state index contributed by atoms with van der Waals surface area (Å²) in [6.45, 7) is 0. The molecule has 0 amide bonds. The highest BCUT2D eigenvalue weighted by Crippen LogP contribution is 2.32. The van der Waals surface area contributed by atoms with E-state index in [1.54, 1.807) is 5.56 Å². The largest absolute Gasteiger partial charge is 0.151 e. The maximum Gasteiger partial charge on any atom is 0.0211 e. The van der Waals surface area contributed by atoms with Gasteiger partial charge in [-0.15, -0.1) is 11.8 Å². The highest BCUT2D eigenvalue weighted by atomic mass is 32.2. The molecule has 0 N–H and O–H groups in total. The van der Waals surface area contributed by atoms with Crippen LogP contribution in [0.15, 0.2) is 15.7 Å². The van der Waals surface area contributed by atoms with Crippen LogP contribution in [0.3, 0.4) is 0 Å². The second-order valence-electron chi connectivity index (χ2n) is 2.21. The van der Waals surface area contributed by atoms with Crippen molar-refractivity contribution in [3.8, 4) is 0 Å². The third-order valence-corrected chi connectivity index (χ3v) is 3.68. The topological polar surface area (TPSA) is 0 Å². The van der Waals surface area contributed by atoms with Crippen molar-refractivity contribution in [3.05, 3.63) is 16.3 Å². The Labute approximate surface area is 63.3 Å². The summed E-state index contributed by atoms with van der Waals surface area (Å²) in [5.74, 6) is 1.32. The zero-order valence-electron chi connectivity index (χ0n) is 5.09. The fourth-order valence-corrected chi connectivity index (χ4v) is 3.19. The third kappa shape index (κ3) is 1.01. The number of hydrogen-bond acceptors (Lipinski definition) is 2. The van der Waals surface area contributed by atoms with Gasteiger partial charge < -0.3 is 0 Å². The van der Waals surface area contributed by atoms with Crippen LogP contribution in [0.1, 0.15) is 12.0 Å². The molecule has 2 rings (SSSR count). The van der Waals surface area contributed by atoms with Crippen LogP contribution in [-0.2, 0) is 6.42 Å². The molecule has 2 heteroatoms. The molecule has 0 fully saturated rings. The predicted octanol–water partition coefficient (Wildman–Crippen LogP) is 2.79. The molecule has 0 saturated heterocycles. The summed E-state index contributed by atoms with van der Waals surface area (Å²) < 4.78 is 0. The molecule has 1 aliphatic rings. The minimum Gasteiger partial charge on any atom is -0.151 e. The van der Waals surface area contributed by atoms with Crippen molar-refractivity contribution in [2.75, 3.05) is 5.75 Å². The Morgan fingerprint density at radius 2 is 2.33 bits per heavy atom. The van der Waals surface area contributed by atoms with Crippen molar-refractivity contribution in [2.45, 2.75) is 17.7 Å². The van der Waals surface area contributed by atoms with Gasteiger partial charge >= 0.3 is 0 Å². The van der Waals surface area contributed by atoms with E-state index < -0.39 is 0 Å². The van der Waals surface area contributed by atoms with Crippen LogP contribution in [0, 0.1) is 0 Å². The van der Waals surface area contributed by atoms with E-state index in [1.807, 2.05) is 23.1 Å². The van der Waals surface area contributed by atoms with Gasteiger partial charge in [-0.05, 0) is 29.5 Å². The number of aryl methyl sites for hydroxylation is 1. The van der Waals surface area contributed by atoms with Gasteiger partial charge in [-0.2, -0.15) is 11.3 Å². The van der Waals surface area contributed by atoms with Crippen molar-refractivity contribution >= 4 is 23.1 Å². The average molecular weight is 156 g/mol. The summed E-state index contributed by atoms with van der Waals surface area (Å²) in [6, 6.07) is 0. The standard InChI is InChI=1S/C7H8S2/c1-2-6-4-8-5-7(6)9-3-1/h4-5H,1-3H2.